The summed E-state index contributed by atoms with van der Waals surface area (Å²) in [5.74, 6) is -0.0446. The van der Waals surface area contributed by atoms with Gasteiger partial charge in [0.25, 0.3) is 5.91 Å². The number of nitro benzene ring substituents is 1. The lowest BCUT2D eigenvalue weighted by atomic mass is 10.0. The normalized spacial score (nSPS) is 14.6. The zero-order valence-corrected chi connectivity index (χ0v) is 19.7. The molecule has 2 heterocycles. The number of methoxy groups -OCH3 is 1. The van der Waals surface area contributed by atoms with Crippen molar-refractivity contribution < 1.29 is 19.2 Å². The van der Waals surface area contributed by atoms with Crippen LogP contribution in [-0.2, 0) is 11.2 Å². The minimum absolute atomic E-state index is 0.0656. The number of nitro groups is 1. The van der Waals surface area contributed by atoms with Crippen LogP contribution in [0.5, 0.6) is 5.75 Å². The molecule has 3 aromatic rings. The predicted octanol–water partition coefficient (Wildman–Crippen LogP) is 3.55. The highest BCUT2D eigenvalue weighted by molar-refractivity contribution is 6.12. The fourth-order valence-electron chi connectivity index (χ4n) is 4.48. The summed E-state index contributed by atoms with van der Waals surface area (Å²) in [5.41, 5.74) is 4.56. The zero-order valence-electron chi connectivity index (χ0n) is 19.7. The predicted molar refractivity (Wildman–Crippen MR) is 136 cm³/mol. The molecule has 184 valence electrons. The molecule has 0 atom stereocenters. The molecule has 10 heteroatoms. The second-order valence-corrected chi connectivity index (χ2v) is 8.67. The van der Waals surface area contributed by atoms with E-state index < -0.39 is 4.92 Å². The minimum atomic E-state index is -0.492. The summed E-state index contributed by atoms with van der Waals surface area (Å²) in [5, 5.41) is 20.7. The summed E-state index contributed by atoms with van der Waals surface area (Å²) < 4.78 is 5.19. The van der Waals surface area contributed by atoms with Crippen molar-refractivity contribution in [2.75, 3.05) is 43.9 Å². The molecule has 1 saturated heterocycles. The van der Waals surface area contributed by atoms with E-state index in [1.54, 1.807) is 24.3 Å². The van der Waals surface area contributed by atoms with Crippen LogP contribution in [0.15, 0.2) is 54.6 Å². The molecular weight excluding hydrogens is 462 g/mol. The van der Waals surface area contributed by atoms with Gasteiger partial charge in [0.2, 0.25) is 5.91 Å². The highest BCUT2D eigenvalue weighted by Crippen LogP contribution is 2.37. The van der Waals surface area contributed by atoms with Crippen molar-refractivity contribution in [2.45, 2.75) is 6.42 Å². The van der Waals surface area contributed by atoms with Crippen LogP contribution in [0.4, 0.5) is 22.7 Å². The van der Waals surface area contributed by atoms with Crippen molar-refractivity contribution in [3.63, 3.8) is 0 Å². The number of fused-ring (bicyclic) bond motifs is 2. The Bertz CT molecular complexity index is 1370. The van der Waals surface area contributed by atoms with E-state index in [1.807, 2.05) is 29.2 Å². The first-order valence-corrected chi connectivity index (χ1v) is 11.6. The molecule has 3 aromatic carbocycles. The van der Waals surface area contributed by atoms with Gasteiger partial charge in [-0.25, -0.2) is 0 Å². The number of nitrogens with zero attached hydrogens (tertiary/aromatic N) is 2. The van der Waals surface area contributed by atoms with Crippen molar-refractivity contribution in [1.82, 2.24) is 10.2 Å². The Morgan fingerprint density at radius 2 is 1.72 bits per heavy atom. The van der Waals surface area contributed by atoms with Gasteiger partial charge in [-0.05, 0) is 53.1 Å². The minimum Gasteiger partial charge on any atom is -0.490 e. The van der Waals surface area contributed by atoms with Gasteiger partial charge in [0.1, 0.15) is 0 Å². The third-order valence-electron chi connectivity index (χ3n) is 6.40. The molecule has 0 saturated carbocycles. The van der Waals surface area contributed by atoms with Crippen LogP contribution in [0.2, 0.25) is 0 Å². The Morgan fingerprint density at radius 3 is 2.47 bits per heavy atom. The number of piperazine rings is 1. The van der Waals surface area contributed by atoms with Crippen LogP contribution >= 0.6 is 0 Å². The average Bonchev–Trinajstić information content (AvgIpc) is 3.03. The van der Waals surface area contributed by atoms with Crippen LogP contribution in [0.3, 0.4) is 0 Å². The van der Waals surface area contributed by atoms with Gasteiger partial charge >= 0.3 is 5.69 Å². The summed E-state index contributed by atoms with van der Waals surface area (Å²) in [7, 11) is 1.39. The number of anilines is 3. The number of hydrogen-bond acceptors (Lipinski definition) is 7. The second-order valence-electron chi connectivity index (χ2n) is 8.67. The lowest BCUT2D eigenvalue weighted by Crippen LogP contribution is -2.46. The molecule has 36 heavy (non-hydrogen) atoms. The Morgan fingerprint density at radius 1 is 0.972 bits per heavy atom. The molecule has 0 radical (unpaired) electrons. The van der Waals surface area contributed by atoms with Crippen molar-refractivity contribution in [3.8, 4) is 16.9 Å². The van der Waals surface area contributed by atoms with Crippen LogP contribution < -0.4 is 20.7 Å². The summed E-state index contributed by atoms with van der Waals surface area (Å²) in [6, 6.07) is 15.5. The van der Waals surface area contributed by atoms with Gasteiger partial charge in [0.05, 0.1) is 41.1 Å². The fraction of sp³-hybridized carbons (Fsp3) is 0.231. The van der Waals surface area contributed by atoms with Crippen LogP contribution in [0.25, 0.3) is 11.1 Å². The van der Waals surface area contributed by atoms with Crippen LogP contribution in [-0.4, -0.2) is 54.9 Å². The first-order valence-electron chi connectivity index (χ1n) is 11.6. The van der Waals surface area contributed by atoms with Crippen molar-refractivity contribution in [3.05, 3.63) is 75.8 Å². The summed E-state index contributed by atoms with van der Waals surface area (Å²) in [4.78, 5) is 38.2. The molecule has 2 aliphatic rings. The van der Waals surface area contributed by atoms with Gasteiger partial charge in [0.15, 0.2) is 5.75 Å². The first-order chi connectivity index (χ1) is 17.4. The first kappa shape index (κ1) is 23.3. The molecule has 0 aromatic heterocycles. The lowest BCUT2D eigenvalue weighted by Gasteiger charge is -2.27. The van der Waals surface area contributed by atoms with Gasteiger partial charge in [-0.3, -0.25) is 19.7 Å². The third-order valence-corrected chi connectivity index (χ3v) is 6.40. The largest absolute Gasteiger partial charge is 0.490 e. The van der Waals surface area contributed by atoms with E-state index in [-0.39, 0.29) is 29.7 Å². The smallest absolute Gasteiger partial charge is 0.310 e. The maximum atomic E-state index is 13.0. The number of amides is 2. The summed E-state index contributed by atoms with van der Waals surface area (Å²) in [6.45, 7) is 2.98. The Balaban J connectivity index is 1.41. The van der Waals surface area contributed by atoms with Crippen molar-refractivity contribution in [1.29, 1.82) is 0 Å². The van der Waals surface area contributed by atoms with E-state index in [4.69, 9.17) is 4.74 Å². The molecule has 2 amide bonds. The molecular formula is C26H25N5O5. The number of rotatable bonds is 5. The summed E-state index contributed by atoms with van der Waals surface area (Å²) in [6.07, 6.45) is 0.266. The number of carbonyl (C=O) groups excluding carboxylic acids is 2. The van der Waals surface area contributed by atoms with E-state index in [9.17, 15) is 19.7 Å². The van der Waals surface area contributed by atoms with E-state index in [0.717, 1.165) is 24.2 Å². The maximum absolute atomic E-state index is 13.0. The number of nitrogens with one attached hydrogen (secondary N) is 3. The molecule has 0 unspecified atom stereocenters. The highest BCUT2D eigenvalue weighted by Gasteiger charge is 2.22. The number of carbonyl (C=O) groups is 2. The zero-order chi connectivity index (χ0) is 25.2. The monoisotopic (exact) mass is 487 g/mol. The topological polar surface area (TPSA) is 126 Å². The Kier molecular flexibility index (Phi) is 6.26. The molecule has 5 rings (SSSR count). The average molecular weight is 488 g/mol. The Hall–Kier alpha value is -4.44. The third kappa shape index (κ3) is 4.58. The SMILES string of the molecule is COc1cc(-c2ccc3c(c2)Nc2ccc(CC(=O)N4CCNCC4)cc2NC3=O)ccc1[N+](=O)[O-]. The Labute approximate surface area is 207 Å². The summed E-state index contributed by atoms with van der Waals surface area (Å²) >= 11 is 0. The van der Waals surface area contributed by atoms with Gasteiger partial charge in [-0.1, -0.05) is 12.1 Å². The quantitative estimate of drug-likeness (QED) is 0.371. The molecule has 0 bridgehead atoms. The number of benzene rings is 3. The number of ether oxygens (including phenoxy) is 1. The lowest BCUT2D eigenvalue weighted by molar-refractivity contribution is -0.385. The molecule has 0 aliphatic carbocycles. The van der Waals surface area contributed by atoms with E-state index in [2.05, 4.69) is 16.0 Å². The van der Waals surface area contributed by atoms with Crippen molar-refractivity contribution in [2.24, 2.45) is 0 Å². The van der Waals surface area contributed by atoms with E-state index in [0.29, 0.717) is 41.3 Å². The maximum Gasteiger partial charge on any atom is 0.310 e. The van der Waals surface area contributed by atoms with E-state index in [1.165, 1.54) is 13.2 Å². The molecule has 2 aliphatic heterocycles. The van der Waals surface area contributed by atoms with Crippen LogP contribution in [0, 0.1) is 10.1 Å². The van der Waals surface area contributed by atoms with Gasteiger partial charge in [-0.15, -0.1) is 0 Å². The van der Waals surface area contributed by atoms with Gasteiger partial charge in [-0.2, -0.15) is 0 Å². The highest BCUT2D eigenvalue weighted by atomic mass is 16.6. The molecule has 10 nitrogen and oxygen atoms in total. The van der Waals surface area contributed by atoms with Crippen molar-refractivity contribution >= 4 is 34.6 Å². The fourth-order valence-corrected chi connectivity index (χ4v) is 4.48. The molecule has 1 fully saturated rings. The standard InChI is InChI=1S/C26H25N5O5/c1-36-24-15-18(4-7-23(24)31(34)35)17-3-5-19-21(14-17)28-20-6-2-16(12-22(20)29-26(19)33)13-25(32)30-10-8-27-9-11-30/h2-7,12,14-15,27-28H,8-11,13H2,1H3,(H,29,33). The van der Waals surface area contributed by atoms with Gasteiger partial charge in [0, 0.05) is 32.2 Å². The molecule has 3 N–H and O–H groups in total. The molecule has 0 spiro atoms. The second kappa shape index (κ2) is 9.67. The number of hydrogen-bond donors (Lipinski definition) is 3. The van der Waals surface area contributed by atoms with Gasteiger partial charge < -0.3 is 25.6 Å². The van der Waals surface area contributed by atoms with E-state index >= 15 is 0 Å². The van der Waals surface area contributed by atoms with Crippen LogP contribution in [0.1, 0.15) is 15.9 Å².